The second kappa shape index (κ2) is 5.69. The van der Waals surface area contributed by atoms with E-state index in [-0.39, 0.29) is 5.91 Å². The number of hydrogen-bond acceptors (Lipinski definition) is 4. The number of carbonyl (C=O) groups is 2. The van der Waals surface area contributed by atoms with E-state index >= 15 is 0 Å². The zero-order valence-corrected chi connectivity index (χ0v) is 11.8. The topological polar surface area (TPSA) is 84.1 Å². The SMILES string of the molecule is COC(=O)c1cccc(C(=O)Nc2ccc3cn[nH]c3c2)c1. The fourth-order valence-electron chi connectivity index (χ4n) is 2.12. The van der Waals surface area contributed by atoms with Crippen molar-refractivity contribution in [3.8, 4) is 0 Å². The highest BCUT2D eigenvalue weighted by atomic mass is 16.5. The van der Waals surface area contributed by atoms with Gasteiger partial charge in [-0.15, -0.1) is 0 Å². The number of methoxy groups -OCH3 is 1. The Balaban J connectivity index is 1.83. The maximum Gasteiger partial charge on any atom is 0.337 e. The molecular formula is C16H13N3O3. The summed E-state index contributed by atoms with van der Waals surface area (Å²) in [5, 5.41) is 10.5. The molecule has 0 atom stereocenters. The van der Waals surface area contributed by atoms with Gasteiger partial charge in [0, 0.05) is 16.6 Å². The van der Waals surface area contributed by atoms with Gasteiger partial charge in [-0.05, 0) is 36.4 Å². The van der Waals surface area contributed by atoms with E-state index in [1.54, 1.807) is 36.5 Å². The van der Waals surface area contributed by atoms with Crippen molar-refractivity contribution >= 4 is 28.5 Å². The first kappa shape index (κ1) is 13.8. The lowest BCUT2D eigenvalue weighted by atomic mass is 10.1. The average molecular weight is 295 g/mol. The molecule has 0 bridgehead atoms. The minimum Gasteiger partial charge on any atom is -0.465 e. The number of benzene rings is 2. The Labute approximate surface area is 126 Å². The summed E-state index contributed by atoms with van der Waals surface area (Å²) in [7, 11) is 1.30. The van der Waals surface area contributed by atoms with Crippen LogP contribution in [0, 0.1) is 0 Å². The van der Waals surface area contributed by atoms with Crippen LogP contribution in [0.4, 0.5) is 5.69 Å². The van der Waals surface area contributed by atoms with Gasteiger partial charge >= 0.3 is 5.97 Å². The molecule has 0 aliphatic carbocycles. The molecule has 0 aliphatic rings. The van der Waals surface area contributed by atoms with Gasteiger partial charge in [0.25, 0.3) is 5.91 Å². The smallest absolute Gasteiger partial charge is 0.337 e. The lowest BCUT2D eigenvalue weighted by Gasteiger charge is -2.06. The van der Waals surface area contributed by atoms with E-state index in [1.807, 2.05) is 6.07 Å². The van der Waals surface area contributed by atoms with Gasteiger partial charge in [-0.2, -0.15) is 5.10 Å². The van der Waals surface area contributed by atoms with Crippen LogP contribution in [0.25, 0.3) is 10.9 Å². The van der Waals surface area contributed by atoms with Crippen molar-refractivity contribution in [1.82, 2.24) is 10.2 Å². The molecule has 22 heavy (non-hydrogen) atoms. The standard InChI is InChI=1S/C16H13N3O3/c1-22-16(21)11-4-2-3-10(7-11)15(20)18-13-6-5-12-9-17-19-14(12)8-13/h2-9H,1H3,(H,17,19)(H,18,20). The van der Waals surface area contributed by atoms with Crippen molar-refractivity contribution in [3.05, 3.63) is 59.8 Å². The summed E-state index contributed by atoms with van der Waals surface area (Å²) in [5.74, 6) is -0.779. The van der Waals surface area contributed by atoms with Crippen LogP contribution >= 0.6 is 0 Å². The van der Waals surface area contributed by atoms with Crippen LogP contribution in [0.5, 0.6) is 0 Å². The molecule has 6 heteroatoms. The highest BCUT2D eigenvalue weighted by Gasteiger charge is 2.11. The van der Waals surface area contributed by atoms with Crippen molar-refractivity contribution in [1.29, 1.82) is 0 Å². The number of anilines is 1. The Morgan fingerprint density at radius 1 is 1.14 bits per heavy atom. The van der Waals surface area contributed by atoms with E-state index in [1.165, 1.54) is 13.2 Å². The summed E-state index contributed by atoms with van der Waals surface area (Å²) in [6, 6.07) is 11.8. The quantitative estimate of drug-likeness (QED) is 0.727. The zero-order chi connectivity index (χ0) is 15.5. The number of amides is 1. The molecule has 2 aromatic carbocycles. The van der Waals surface area contributed by atoms with Crippen LogP contribution in [0.1, 0.15) is 20.7 Å². The number of H-pyrrole nitrogens is 1. The Hall–Kier alpha value is -3.15. The number of carbonyl (C=O) groups excluding carboxylic acids is 2. The van der Waals surface area contributed by atoms with E-state index in [0.717, 1.165) is 10.9 Å². The van der Waals surface area contributed by atoms with Gasteiger partial charge < -0.3 is 10.1 Å². The van der Waals surface area contributed by atoms with Crippen LogP contribution in [0.15, 0.2) is 48.7 Å². The van der Waals surface area contributed by atoms with E-state index in [2.05, 4.69) is 20.3 Å². The molecule has 3 rings (SSSR count). The second-order valence-electron chi connectivity index (χ2n) is 4.70. The van der Waals surface area contributed by atoms with Gasteiger partial charge in [-0.1, -0.05) is 6.07 Å². The van der Waals surface area contributed by atoms with Crippen molar-refractivity contribution in [2.24, 2.45) is 0 Å². The summed E-state index contributed by atoms with van der Waals surface area (Å²) in [6.45, 7) is 0. The summed E-state index contributed by atoms with van der Waals surface area (Å²) >= 11 is 0. The summed E-state index contributed by atoms with van der Waals surface area (Å²) in [6.07, 6.45) is 1.71. The molecular weight excluding hydrogens is 282 g/mol. The minimum absolute atomic E-state index is 0.301. The first-order chi connectivity index (χ1) is 10.7. The Bertz CT molecular complexity index is 854. The number of fused-ring (bicyclic) bond motifs is 1. The van der Waals surface area contributed by atoms with Gasteiger partial charge in [-0.3, -0.25) is 9.89 Å². The normalized spacial score (nSPS) is 10.4. The van der Waals surface area contributed by atoms with Crippen LogP contribution in [-0.2, 0) is 4.74 Å². The number of aromatic amines is 1. The zero-order valence-electron chi connectivity index (χ0n) is 11.8. The van der Waals surface area contributed by atoms with Gasteiger partial charge in [0.05, 0.1) is 24.4 Å². The van der Waals surface area contributed by atoms with Gasteiger partial charge in [0.1, 0.15) is 0 Å². The second-order valence-corrected chi connectivity index (χ2v) is 4.70. The predicted molar refractivity (Wildman–Crippen MR) is 81.8 cm³/mol. The molecule has 110 valence electrons. The van der Waals surface area contributed by atoms with E-state index in [4.69, 9.17) is 0 Å². The molecule has 1 heterocycles. The fraction of sp³-hybridized carbons (Fsp3) is 0.0625. The van der Waals surface area contributed by atoms with Crippen molar-refractivity contribution in [2.45, 2.75) is 0 Å². The number of nitrogens with one attached hydrogen (secondary N) is 2. The molecule has 2 N–H and O–H groups in total. The lowest BCUT2D eigenvalue weighted by Crippen LogP contribution is -2.13. The number of hydrogen-bond donors (Lipinski definition) is 2. The predicted octanol–water partition coefficient (Wildman–Crippen LogP) is 2.60. The van der Waals surface area contributed by atoms with Gasteiger partial charge in [0.2, 0.25) is 0 Å². The first-order valence-corrected chi connectivity index (χ1v) is 6.60. The molecule has 0 spiro atoms. The summed E-state index contributed by atoms with van der Waals surface area (Å²) in [5.41, 5.74) is 2.19. The Morgan fingerprint density at radius 3 is 2.77 bits per heavy atom. The molecule has 1 aromatic heterocycles. The Kier molecular flexibility index (Phi) is 3.57. The molecule has 0 unspecified atom stereocenters. The van der Waals surface area contributed by atoms with Crippen LogP contribution < -0.4 is 5.32 Å². The third-order valence-electron chi connectivity index (χ3n) is 3.25. The molecule has 0 fully saturated rings. The number of aromatic nitrogens is 2. The third kappa shape index (κ3) is 2.67. The first-order valence-electron chi connectivity index (χ1n) is 6.60. The highest BCUT2D eigenvalue weighted by molar-refractivity contribution is 6.06. The third-order valence-corrected chi connectivity index (χ3v) is 3.25. The monoisotopic (exact) mass is 295 g/mol. The largest absolute Gasteiger partial charge is 0.465 e. The van der Waals surface area contributed by atoms with E-state index < -0.39 is 5.97 Å². The van der Waals surface area contributed by atoms with Crippen molar-refractivity contribution in [3.63, 3.8) is 0 Å². The Morgan fingerprint density at radius 2 is 1.95 bits per heavy atom. The molecule has 6 nitrogen and oxygen atoms in total. The summed E-state index contributed by atoms with van der Waals surface area (Å²) < 4.78 is 4.65. The van der Waals surface area contributed by atoms with Gasteiger partial charge in [0.15, 0.2) is 0 Å². The van der Waals surface area contributed by atoms with Crippen molar-refractivity contribution < 1.29 is 14.3 Å². The molecule has 0 aliphatic heterocycles. The number of esters is 1. The van der Waals surface area contributed by atoms with Gasteiger partial charge in [-0.25, -0.2) is 4.79 Å². The minimum atomic E-state index is -0.478. The van der Waals surface area contributed by atoms with Crippen molar-refractivity contribution in [2.75, 3.05) is 12.4 Å². The summed E-state index contributed by atoms with van der Waals surface area (Å²) in [4.78, 5) is 23.8. The molecule has 0 saturated carbocycles. The molecule has 1 amide bonds. The van der Waals surface area contributed by atoms with E-state index in [0.29, 0.717) is 16.8 Å². The lowest BCUT2D eigenvalue weighted by molar-refractivity contribution is 0.0600. The number of rotatable bonds is 3. The number of nitrogens with zero attached hydrogens (tertiary/aromatic N) is 1. The van der Waals surface area contributed by atoms with Crippen LogP contribution in [-0.4, -0.2) is 29.2 Å². The van der Waals surface area contributed by atoms with Crippen LogP contribution in [0.2, 0.25) is 0 Å². The molecule has 3 aromatic rings. The maximum absolute atomic E-state index is 12.3. The maximum atomic E-state index is 12.3. The highest BCUT2D eigenvalue weighted by Crippen LogP contribution is 2.17. The molecule has 0 radical (unpaired) electrons. The van der Waals surface area contributed by atoms with E-state index in [9.17, 15) is 9.59 Å². The fourth-order valence-corrected chi connectivity index (χ4v) is 2.12. The average Bonchev–Trinajstić information content (AvgIpc) is 3.02. The molecule has 0 saturated heterocycles. The van der Waals surface area contributed by atoms with Crippen LogP contribution in [0.3, 0.4) is 0 Å². The number of ether oxygens (including phenoxy) is 1.